The fourth-order valence-corrected chi connectivity index (χ4v) is 3.56. The molecule has 2 aliphatic heterocycles. The summed E-state index contributed by atoms with van der Waals surface area (Å²) in [5.74, 6) is -0.0269. The van der Waals surface area contributed by atoms with Crippen molar-refractivity contribution in [2.24, 2.45) is 5.92 Å². The van der Waals surface area contributed by atoms with Gasteiger partial charge < -0.3 is 14.4 Å². The lowest BCUT2D eigenvalue weighted by Crippen LogP contribution is -2.47. The van der Waals surface area contributed by atoms with Crippen molar-refractivity contribution in [2.45, 2.75) is 51.7 Å². The van der Waals surface area contributed by atoms with Crippen LogP contribution in [0.25, 0.3) is 0 Å². The molecule has 0 saturated carbocycles. The Balaban J connectivity index is 1.71. The second-order valence-corrected chi connectivity index (χ2v) is 6.73. The zero-order chi connectivity index (χ0) is 17.6. The molecule has 1 fully saturated rings. The number of ether oxygens (including phenoxy) is 2. The van der Waals surface area contributed by atoms with Crippen molar-refractivity contribution < 1.29 is 19.1 Å². The Kier molecular flexibility index (Phi) is 5.74. The van der Waals surface area contributed by atoms with Crippen molar-refractivity contribution in [2.75, 3.05) is 6.54 Å². The molecular formula is C20H25NO4. The smallest absolute Gasteiger partial charge is 0.410 e. The van der Waals surface area contributed by atoms with Crippen molar-refractivity contribution in [3.8, 4) is 0 Å². The van der Waals surface area contributed by atoms with Gasteiger partial charge in [0.1, 0.15) is 12.4 Å². The summed E-state index contributed by atoms with van der Waals surface area (Å²) < 4.78 is 10.7. The van der Waals surface area contributed by atoms with Crippen molar-refractivity contribution in [3.63, 3.8) is 0 Å². The van der Waals surface area contributed by atoms with Gasteiger partial charge in [-0.15, -0.1) is 0 Å². The van der Waals surface area contributed by atoms with Gasteiger partial charge in [-0.25, -0.2) is 4.79 Å². The summed E-state index contributed by atoms with van der Waals surface area (Å²) >= 11 is 0. The van der Waals surface area contributed by atoms with Crippen LogP contribution in [0, 0.1) is 5.92 Å². The zero-order valence-electron chi connectivity index (χ0n) is 14.6. The Morgan fingerprint density at radius 1 is 1.20 bits per heavy atom. The molecule has 0 spiro atoms. The first-order valence-electron chi connectivity index (χ1n) is 9.02. The number of hydrogen-bond donors (Lipinski definition) is 0. The lowest BCUT2D eigenvalue weighted by atomic mass is 9.91. The molecule has 5 heteroatoms. The minimum atomic E-state index is -0.387. The predicted molar refractivity (Wildman–Crippen MR) is 93.5 cm³/mol. The Morgan fingerprint density at radius 2 is 1.96 bits per heavy atom. The van der Waals surface area contributed by atoms with Gasteiger partial charge in [0.05, 0.1) is 12.0 Å². The third kappa shape index (κ3) is 4.41. The highest BCUT2D eigenvalue weighted by molar-refractivity contribution is 5.80. The Labute approximate surface area is 148 Å². The number of esters is 1. The lowest BCUT2D eigenvalue weighted by Gasteiger charge is -2.34. The molecule has 1 amide bonds. The van der Waals surface area contributed by atoms with Crippen molar-refractivity contribution in [3.05, 3.63) is 47.7 Å². The van der Waals surface area contributed by atoms with Crippen LogP contribution in [0.5, 0.6) is 0 Å². The van der Waals surface area contributed by atoms with Gasteiger partial charge >= 0.3 is 12.1 Å². The van der Waals surface area contributed by atoms with E-state index in [4.69, 9.17) is 9.47 Å². The second kappa shape index (κ2) is 8.19. The highest BCUT2D eigenvalue weighted by atomic mass is 16.6. The predicted octanol–water partition coefficient (Wildman–Crippen LogP) is 4.03. The van der Waals surface area contributed by atoms with Crippen LogP contribution < -0.4 is 0 Å². The first kappa shape index (κ1) is 17.5. The molecule has 0 bridgehead atoms. The molecular weight excluding hydrogens is 318 g/mol. The maximum Gasteiger partial charge on any atom is 0.410 e. The van der Waals surface area contributed by atoms with Gasteiger partial charge in [0.25, 0.3) is 0 Å². The molecule has 1 aromatic rings. The molecule has 1 unspecified atom stereocenters. The van der Waals surface area contributed by atoms with E-state index in [0.29, 0.717) is 12.3 Å². The molecule has 0 aromatic heterocycles. The standard InChI is InChI=1S/C20H25NO4/c1-15-13-17(19(22)25-15)18-11-7-2-3-8-12-21(18)20(23)24-14-16-9-5-4-6-10-16/h4-6,9-10,13,17-18H,2-3,7-8,11-12,14H2,1H3/t17?,18-/m1/s1. The van der Waals surface area contributed by atoms with Gasteiger partial charge in [0.15, 0.2) is 0 Å². The van der Waals surface area contributed by atoms with Crippen molar-refractivity contribution >= 4 is 12.1 Å². The summed E-state index contributed by atoms with van der Waals surface area (Å²) in [5, 5.41) is 0. The summed E-state index contributed by atoms with van der Waals surface area (Å²) in [7, 11) is 0. The normalized spacial score (nSPS) is 24.1. The van der Waals surface area contributed by atoms with E-state index in [0.717, 1.165) is 37.7 Å². The Hall–Kier alpha value is -2.30. The van der Waals surface area contributed by atoms with Crippen LogP contribution in [0.3, 0.4) is 0 Å². The van der Waals surface area contributed by atoms with Crippen molar-refractivity contribution in [1.82, 2.24) is 4.90 Å². The fourth-order valence-electron chi connectivity index (χ4n) is 3.56. The highest BCUT2D eigenvalue weighted by Gasteiger charge is 2.39. The van der Waals surface area contributed by atoms with Crippen LogP contribution in [0.4, 0.5) is 4.79 Å². The molecule has 2 aliphatic rings. The topological polar surface area (TPSA) is 55.8 Å². The van der Waals surface area contributed by atoms with Gasteiger partial charge in [0, 0.05) is 6.54 Å². The molecule has 25 heavy (non-hydrogen) atoms. The number of carbonyl (C=O) groups excluding carboxylic acids is 2. The van der Waals surface area contributed by atoms with Crippen LogP contribution in [-0.4, -0.2) is 29.5 Å². The van der Waals surface area contributed by atoms with Gasteiger partial charge in [-0.05, 0) is 31.4 Å². The molecule has 3 rings (SSSR count). The van der Waals surface area contributed by atoms with E-state index in [2.05, 4.69) is 0 Å². The Bertz CT molecular complexity index is 640. The largest absolute Gasteiger partial charge is 0.445 e. The van der Waals surface area contributed by atoms with Crippen molar-refractivity contribution in [1.29, 1.82) is 0 Å². The number of likely N-dealkylation sites (tertiary alicyclic amines) is 1. The number of cyclic esters (lactones) is 1. The molecule has 1 saturated heterocycles. The molecule has 134 valence electrons. The molecule has 0 aliphatic carbocycles. The summed E-state index contributed by atoms with van der Waals surface area (Å²) in [6.07, 6.45) is 6.45. The molecule has 2 atom stereocenters. The monoisotopic (exact) mass is 343 g/mol. The number of carbonyl (C=O) groups is 2. The van der Waals surface area contributed by atoms with E-state index in [1.165, 1.54) is 0 Å². The Morgan fingerprint density at radius 3 is 2.68 bits per heavy atom. The maximum absolute atomic E-state index is 12.7. The van der Waals surface area contributed by atoms with Gasteiger partial charge in [-0.3, -0.25) is 4.79 Å². The molecule has 0 N–H and O–H groups in total. The van der Waals surface area contributed by atoms with Gasteiger partial charge in [-0.1, -0.05) is 49.6 Å². The third-order valence-corrected chi connectivity index (χ3v) is 4.85. The summed E-state index contributed by atoms with van der Waals surface area (Å²) in [6.45, 7) is 2.64. The number of amides is 1. The average molecular weight is 343 g/mol. The van der Waals surface area contributed by atoms with Crippen LogP contribution in [0.1, 0.15) is 44.6 Å². The molecule has 1 aromatic carbocycles. The van der Waals surface area contributed by atoms with E-state index >= 15 is 0 Å². The van der Waals surface area contributed by atoms with Gasteiger partial charge in [-0.2, -0.15) is 0 Å². The summed E-state index contributed by atoms with van der Waals surface area (Å²) in [6, 6.07) is 9.44. The van der Waals surface area contributed by atoms with Crippen LogP contribution in [-0.2, 0) is 20.9 Å². The average Bonchev–Trinajstić information content (AvgIpc) is 2.92. The van der Waals surface area contributed by atoms with Gasteiger partial charge in [0.2, 0.25) is 0 Å². The molecule has 5 nitrogen and oxygen atoms in total. The summed E-state index contributed by atoms with van der Waals surface area (Å²) in [5.41, 5.74) is 0.954. The minimum Gasteiger partial charge on any atom is -0.445 e. The fraction of sp³-hybridized carbons (Fsp3) is 0.500. The van der Waals surface area contributed by atoms with Crippen LogP contribution in [0.15, 0.2) is 42.2 Å². The minimum absolute atomic E-state index is 0.187. The van der Waals surface area contributed by atoms with E-state index in [1.54, 1.807) is 11.8 Å². The van der Waals surface area contributed by atoms with E-state index in [9.17, 15) is 9.59 Å². The maximum atomic E-state index is 12.7. The molecule has 0 radical (unpaired) electrons. The number of benzene rings is 1. The SMILES string of the molecule is CC1=CC([C@H]2CCCCCCN2C(=O)OCc2ccccc2)C(=O)O1. The summed E-state index contributed by atoms with van der Waals surface area (Å²) in [4.78, 5) is 26.6. The third-order valence-electron chi connectivity index (χ3n) is 4.85. The first-order valence-corrected chi connectivity index (χ1v) is 9.02. The zero-order valence-corrected chi connectivity index (χ0v) is 14.6. The number of nitrogens with zero attached hydrogens (tertiary/aromatic N) is 1. The highest BCUT2D eigenvalue weighted by Crippen LogP contribution is 2.29. The second-order valence-electron chi connectivity index (χ2n) is 6.73. The number of allylic oxidation sites excluding steroid dienone is 1. The number of rotatable bonds is 3. The van der Waals surface area contributed by atoms with E-state index in [1.807, 2.05) is 36.4 Å². The lowest BCUT2D eigenvalue weighted by molar-refractivity contribution is -0.141. The van der Waals surface area contributed by atoms with Crippen LogP contribution in [0.2, 0.25) is 0 Å². The molecule has 2 heterocycles. The van der Waals surface area contributed by atoms with E-state index < -0.39 is 0 Å². The van der Waals surface area contributed by atoms with E-state index in [-0.39, 0.29) is 30.6 Å². The first-order chi connectivity index (χ1) is 12.1. The number of hydrogen-bond acceptors (Lipinski definition) is 4. The van der Waals surface area contributed by atoms with Crippen LogP contribution >= 0.6 is 0 Å². The quantitative estimate of drug-likeness (QED) is 0.778.